The zero-order valence-electron chi connectivity index (χ0n) is 11.5. The molecule has 0 radical (unpaired) electrons. The van der Waals surface area contributed by atoms with Gasteiger partial charge in [0.05, 0.1) is 27.4 Å². The van der Waals surface area contributed by atoms with Gasteiger partial charge >= 0.3 is 0 Å². The maximum atomic E-state index is 6.01. The summed E-state index contributed by atoms with van der Waals surface area (Å²) in [6, 6.07) is 1.75. The van der Waals surface area contributed by atoms with E-state index < -0.39 is 0 Å². The molecule has 0 aliphatic carbocycles. The van der Waals surface area contributed by atoms with Crippen LogP contribution in [0.4, 0.5) is 0 Å². The lowest BCUT2D eigenvalue weighted by atomic mass is 10.0. The Morgan fingerprint density at radius 3 is 2.61 bits per heavy atom. The average Bonchev–Trinajstić information content (AvgIpc) is 2.38. The molecule has 5 nitrogen and oxygen atoms in total. The van der Waals surface area contributed by atoms with Gasteiger partial charge in [0.1, 0.15) is 5.69 Å². The number of pyridine rings is 1. The molecular formula is C13H22N2O3. The molecule has 0 aromatic carbocycles. The number of rotatable bonds is 7. The fraction of sp³-hybridized carbons (Fsp3) is 0.615. The van der Waals surface area contributed by atoms with Gasteiger partial charge in [0.25, 0.3) is 0 Å². The number of ether oxygens (including phenoxy) is 3. The highest BCUT2D eigenvalue weighted by molar-refractivity contribution is 5.42. The van der Waals surface area contributed by atoms with Gasteiger partial charge in [-0.3, -0.25) is 4.98 Å². The molecule has 0 bridgehead atoms. The molecule has 0 saturated carbocycles. The van der Waals surface area contributed by atoms with E-state index in [2.05, 4.69) is 4.98 Å². The van der Waals surface area contributed by atoms with Crippen molar-refractivity contribution in [1.82, 2.24) is 4.98 Å². The lowest BCUT2D eigenvalue weighted by molar-refractivity contribution is 0.0741. The molecular weight excluding hydrogens is 232 g/mol. The van der Waals surface area contributed by atoms with Crippen molar-refractivity contribution in [3.8, 4) is 11.5 Å². The molecule has 0 aliphatic heterocycles. The van der Waals surface area contributed by atoms with E-state index in [0.717, 1.165) is 6.42 Å². The lowest BCUT2D eigenvalue weighted by Crippen LogP contribution is -2.40. The molecule has 5 heteroatoms. The summed E-state index contributed by atoms with van der Waals surface area (Å²) in [4.78, 5) is 4.23. The van der Waals surface area contributed by atoms with Crippen LogP contribution in [0.1, 0.15) is 26.0 Å². The van der Waals surface area contributed by atoms with E-state index in [4.69, 9.17) is 19.9 Å². The van der Waals surface area contributed by atoms with Crippen LogP contribution in [0.5, 0.6) is 11.5 Å². The maximum absolute atomic E-state index is 6.01. The standard InChI is InChI=1S/C13H22N2O3/c1-5-13(2,14)9-18-8-10-12(17-4)11(16-3)6-7-15-10/h6-7H,5,8-9,14H2,1-4H3. The van der Waals surface area contributed by atoms with Gasteiger partial charge in [-0.2, -0.15) is 0 Å². The van der Waals surface area contributed by atoms with E-state index >= 15 is 0 Å². The van der Waals surface area contributed by atoms with Gasteiger partial charge < -0.3 is 19.9 Å². The van der Waals surface area contributed by atoms with E-state index in [1.807, 2.05) is 13.8 Å². The van der Waals surface area contributed by atoms with E-state index in [1.165, 1.54) is 0 Å². The van der Waals surface area contributed by atoms with Crippen LogP contribution >= 0.6 is 0 Å². The van der Waals surface area contributed by atoms with Crippen molar-refractivity contribution in [1.29, 1.82) is 0 Å². The fourth-order valence-electron chi connectivity index (χ4n) is 1.44. The first-order valence-electron chi connectivity index (χ1n) is 5.96. The summed E-state index contributed by atoms with van der Waals surface area (Å²) in [5.41, 5.74) is 6.40. The lowest BCUT2D eigenvalue weighted by Gasteiger charge is -2.22. The number of hydrogen-bond donors (Lipinski definition) is 1. The second-order valence-electron chi connectivity index (χ2n) is 4.49. The molecule has 1 aromatic heterocycles. The Morgan fingerprint density at radius 1 is 1.33 bits per heavy atom. The van der Waals surface area contributed by atoms with Crippen molar-refractivity contribution in [3.05, 3.63) is 18.0 Å². The van der Waals surface area contributed by atoms with E-state index in [-0.39, 0.29) is 5.54 Å². The van der Waals surface area contributed by atoms with E-state index in [9.17, 15) is 0 Å². The molecule has 1 atom stereocenters. The summed E-state index contributed by atoms with van der Waals surface area (Å²) >= 11 is 0. The zero-order valence-corrected chi connectivity index (χ0v) is 11.5. The molecule has 102 valence electrons. The molecule has 0 spiro atoms. The number of aromatic nitrogens is 1. The Kier molecular flexibility index (Phi) is 5.37. The number of nitrogens with two attached hydrogens (primary N) is 1. The zero-order chi connectivity index (χ0) is 13.6. The third-order valence-corrected chi connectivity index (χ3v) is 2.84. The third-order valence-electron chi connectivity index (χ3n) is 2.84. The van der Waals surface area contributed by atoms with E-state index in [1.54, 1.807) is 26.5 Å². The average molecular weight is 254 g/mol. The highest BCUT2D eigenvalue weighted by Gasteiger charge is 2.17. The second kappa shape index (κ2) is 6.56. The van der Waals surface area contributed by atoms with Gasteiger partial charge in [-0.05, 0) is 13.3 Å². The van der Waals surface area contributed by atoms with Crippen LogP contribution in [0.25, 0.3) is 0 Å². The Bertz CT molecular complexity index is 380. The van der Waals surface area contributed by atoms with Crippen LogP contribution in [0.3, 0.4) is 0 Å². The van der Waals surface area contributed by atoms with Crippen molar-refractivity contribution in [3.63, 3.8) is 0 Å². The molecule has 0 aliphatic rings. The molecule has 0 amide bonds. The molecule has 0 fully saturated rings. The van der Waals surface area contributed by atoms with Gasteiger partial charge in [0, 0.05) is 17.8 Å². The van der Waals surface area contributed by atoms with Crippen LogP contribution in [-0.2, 0) is 11.3 Å². The van der Waals surface area contributed by atoms with Crippen LogP contribution in [0.15, 0.2) is 12.3 Å². The van der Waals surface area contributed by atoms with Crippen LogP contribution in [0.2, 0.25) is 0 Å². The summed E-state index contributed by atoms with van der Waals surface area (Å²) in [5, 5.41) is 0. The Labute approximate surface area is 108 Å². The van der Waals surface area contributed by atoms with Crippen molar-refractivity contribution in [2.75, 3.05) is 20.8 Å². The largest absolute Gasteiger partial charge is 0.493 e. The number of hydrogen-bond acceptors (Lipinski definition) is 5. The molecule has 1 rings (SSSR count). The smallest absolute Gasteiger partial charge is 0.184 e. The van der Waals surface area contributed by atoms with Gasteiger partial charge in [-0.1, -0.05) is 6.92 Å². The summed E-state index contributed by atoms with van der Waals surface area (Å²) in [5.74, 6) is 1.26. The highest BCUT2D eigenvalue weighted by Crippen LogP contribution is 2.29. The molecule has 1 heterocycles. The minimum absolute atomic E-state index is 0.313. The summed E-state index contributed by atoms with van der Waals surface area (Å²) in [6.07, 6.45) is 2.52. The molecule has 18 heavy (non-hydrogen) atoms. The van der Waals surface area contributed by atoms with Crippen molar-refractivity contribution in [2.45, 2.75) is 32.4 Å². The molecule has 1 unspecified atom stereocenters. The van der Waals surface area contributed by atoms with Crippen LogP contribution in [0, 0.1) is 0 Å². The highest BCUT2D eigenvalue weighted by atomic mass is 16.5. The first-order valence-corrected chi connectivity index (χ1v) is 5.96. The van der Waals surface area contributed by atoms with Gasteiger partial charge in [0.2, 0.25) is 0 Å². The molecule has 1 aromatic rings. The van der Waals surface area contributed by atoms with Crippen molar-refractivity contribution >= 4 is 0 Å². The molecule has 2 N–H and O–H groups in total. The van der Waals surface area contributed by atoms with Crippen LogP contribution in [-0.4, -0.2) is 31.3 Å². The summed E-state index contributed by atoms with van der Waals surface area (Å²) in [7, 11) is 3.18. The van der Waals surface area contributed by atoms with Gasteiger partial charge in [0.15, 0.2) is 11.5 Å². The first kappa shape index (κ1) is 14.7. The third kappa shape index (κ3) is 3.85. The first-order chi connectivity index (χ1) is 8.54. The number of nitrogens with zero attached hydrogens (tertiary/aromatic N) is 1. The maximum Gasteiger partial charge on any atom is 0.184 e. The quantitative estimate of drug-likeness (QED) is 0.803. The molecule has 0 saturated heterocycles. The fourth-order valence-corrected chi connectivity index (χ4v) is 1.44. The van der Waals surface area contributed by atoms with E-state index in [0.29, 0.717) is 30.4 Å². The Morgan fingerprint density at radius 2 is 2.06 bits per heavy atom. The van der Waals surface area contributed by atoms with Gasteiger partial charge in [-0.25, -0.2) is 0 Å². The van der Waals surface area contributed by atoms with Crippen molar-refractivity contribution < 1.29 is 14.2 Å². The van der Waals surface area contributed by atoms with Crippen molar-refractivity contribution in [2.24, 2.45) is 5.73 Å². The monoisotopic (exact) mass is 254 g/mol. The minimum Gasteiger partial charge on any atom is -0.493 e. The predicted octanol–water partition coefficient (Wildman–Crippen LogP) is 1.74. The Hall–Kier alpha value is -1.33. The topological polar surface area (TPSA) is 66.6 Å². The number of methoxy groups -OCH3 is 2. The normalized spacial score (nSPS) is 14.1. The van der Waals surface area contributed by atoms with Gasteiger partial charge in [-0.15, -0.1) is 0 Å². The minimum atomic E-state index is -0.313. The second-order valence-corrected chi connectivity index (χ2v) is 4.49. The van der Waals surface area contributed by atoms with Crippen LogP contribution < -0.4 is 15.2 Å². The summed E-state index contributed by atoms with van der Waals surface area (Å²) in [6.45, 7) is 4.83. The Balaban J connectivity index is 2.67. The predicted molar refractivity (Wildman–Crippen MR) is 69.9 cm³/mol. The SMILES string of the molecule is CCC(C)(N)COCc1nccc(OC)c1OC. The summed E-state index contributed by atoms with van der Waals surface area (Å²) < 4.78 is 16.1.